The molecule has 1 saturated heterocycles. The van der Waals surface area contributed by atoms with Crippen LogP contribution in [0.25, 0.3) is 0 Å². The molecule has 0 spiro atoms. The Morgan fingerprint density at radius 3 is 2.73 bits per heavy atom. The van der Waals surface area contributed by atoms with E-state index in [2.05, 4.69) is 20.9 Å². The monoisotopic (exact) mass is 460 g/mol. The molecule has 26 heavy (non-hydrogen) atoms. The molecular weight excluding hydrogens is 444 g/mol. The Morgan fingerprint density at radius 1 is 1.27 bits per heavy atom. The van der Waals surface area contributed by atoms with Crippen molar-refractivity contribution in [2.24, 2.45) is 0 Å². The zero-order valence-electron chi connectivity index (χ0n) is 14.3. The summed E-state index contributed by atoms with van der Waals surface area (Å²) in [5.41, 5.74) is 0.770. The zero-order chi connectivity index (χ0) is 18.9. The van der Waals surface area contributed by atoms with Gasteiger partial charge < -0.3 is 9.47 Å². The van der Waals surface area contributed by atoms with Gasteiger partial charge in [0, 0.05) is 22.8 Å². The van der Waals surface area contributed by atoms with Crippen molar-refractivity contribution in [3.63, 3.8) is 0 Å². The largest absolute Gasteiger partial charge is 0.497 e. The van der Waals surface area contributed by atoms with E-state index in [9.17, 15) is 8.42 Å². The highest BCUT2D eigenvalue weighted by Crippen LogP contribution is 2.42. The fraction of sp³-hybridized carbons (Fsp3) is 0.353. The molecule has 1 aromatic carbocycles. The molecule has 2 aromatic rings. The average molecular weight is 462 g/mol. The van der Waals surface area contributed by atoms with Gasteiger partial charge in [-0.05, 0) is 53.0 Å². The number of hydrogen-bond acceptors (Lipinski definition) is 5. The number of sulfonamides is 1. The van der Waals surface area contributed by atoms with Crippen LogP contribution in [0.5, 0.6) is 11.5 Å². The van der Waals surface area contributed by atoms with E-state index < -0.39 is 10.0 Å². The van der Waals surface area contributed by atoms with Crippen LogP contribution in [-0.2, 0) is 10.0 Å². The number of methoxy groups -OCH3 is 2. The molecule has 0 aliphatic carbocycles. The van der Waals surface area contributed by atoms with E-state index in [-0.39, 0.29) is 16.1 Å². The van der Waals surface area contributed by atoms with Crippen molar-refractivity contribution in [1.29, 1.82) is 0 Å². The van der Waals surface area contributed by atoms with Gasteiger partial charge in [-0.25, -0.2) is 13.4 Å². The molecule has 1 atom stereocenters. The number of pyridine rings is 1. The summed E-state index contributed by atoms with van der Waals surface area (Å²) in [5.74, 6) is 1.27. The summed E-state index contributed by atoms with van der Waals surface area (Å²) < 4.78 is 39.3. The van der Waals surface area contributed by atoms with E-state index in [0.717, 1.165) is 12.0 Å². The van der Waals surface area contributed by atoms with Crippen LogP contribution in [0.4, 0.5) is 0 Å². The quantitative estimate of drug-likeness (QED) is 0.629. The molecule has 1 aromatic heterocycles. The van der Waals surface area contributed by atoms with Crippen LogP contribution in [-0.4, -0.2) is 38.5 Å². The lowest BCUT2D eigenvalue weighted by atomic mass is 10.0. The van der Waals surface area contributed by atoms with Crippen molar-refractivity contribution in [2.75, 3.05) is 20.8 Å². The Balaban J connectivity index is 2.07. The van der Waals surface area contributed by atoms with Gasteiger partial charge in [0.15, 0.2) is 0 Å². The van der Waals surface area contributed by atoms with Gasteiger partial charge in [0.1, 0.15) is 21.5 Å². The number of ether oxygens (including phenoxy) is 2. The second kappa shape index (κ2) is 7.72. The maximum absolute atomic E-state index is 13.3. The second-order valence-corrected chi connectivity index (χ2v) is 8.96. The SMILES string of the molecule is COc1ccc(OC)c(C2CCCN2S(=O)(=O)c2cc(Br)cnc2Cl)c1. The molecule has 1 unspecified atom stereocenters. The number of rotatable bonds is 5. The normalized spacial score (nSPS) is 18.1. The number of aromatic nitrogens is 1. The van der Waals surface area contributed by atoms with Gasteiger partial charge in [0.05, 0.1) is 20.3 Å². The fourth-order valence-corrected chi connectivity index (χ4v) is 5.75. The molecule has 0 amide bonds. The molecule has 0 saturated carbocycles. The van der Waals surface area contributed by atoms with Crippen LogP contribution < -0.4 is 9.47 Å². The minimum absolute atomic E-state index is 0.0118. The molecule has 1 fully saturated rings. The van der Waals surface area contributed by atoms with E-state index in [1.54, 1.807) is 26.4 Å². The standard InChI is InChI=1S/C17H18BrClN2O4S/c1-24-12-5-6-15(25-2)13(9-12)14-4-3-7-21(14)26(22,23)16-8-11(18)10-20-17(16)19/h5-6,8-10,14H,3-4,7H2,1-2H3. The van der Waals surface area contributed by atoms with Crippen LogP contribution >= 0.6 is 27.5 Å². The summed E-state index contributed by atoms with van der Waals surface area (Å²) in [7, 11) is -0.686. The minimum Gasteiger partial charge on any atom is -0.497 e. The van der Waals surface area contributed by atoms with E-state index in [1.807, 2.05) is 6.07 Å². The maximum atomic E-state index is 13.3. The van der Waals surface area contributed by atoms with Crippen LogP contribution in [0.15, 0.2) is 39.8 Å². The highest BCUT2D eigenvalue weighted by molar-refractivity contribution is 9.10. The Labute approximate surface area is 166 Å². The molecule has 2 heterocycles. The third-order valence-electron chi connectivity index (χ3n) is 4.36. The number of nitrogens with zero attached hydrogens (tertiary/aromatic N) is 2. The first-order valence-electron chi connectivity index (χ1n) is 7.93. The van der Waals surface area contributed by atoms with Crippen LogP contribution in [0.1, 0.15) is 24.4 Å². The first kappa shape index (κ1) is 19.4. The summed E-state index contributed by atoms with van der Waals surface area (Å²) >= 11 is 9.34. The Morgan fingerprint density at radius 2 is 2.04 bits per heavy atom. The highest BCUT2D eigenvalue weighted by Gasteiger charge is 2.39. The summed E-state index contributed by atoms with van der Waals surface area (Å²) in [6, 6.07) is 6.50. The van der Waals surface area contributed by atoms with Crippen LogP contribution in [0.3, 0.4) is 0 Å². The van der Waals surface area contributed by atoms with Gasteiger partial charge >= 0.3 is 0 Å². The summed E-state index contributed by atoms with van der Waals surface area (Å²) in [5, 5.41) is -0.0449. The van der Waals surface area contributed by atoms with Crippen LogP contribution in [0, 0.1) is 0 Å². The van der Waals surface area contributed by atoms with Gasteiger partial charge in [-0.3, -0.25) is 0 Å². The van der Waals surface area contributed by atoms with Crippen molar-refractivity contribution in [2.45, 2.75) is 23.8 Å². The Kier molecular flexibility index (Phi) is 5.76. The maximum Gasteiger partial charge on any atom is 0.246 e. The van der Waals surface area contributed by atoms with Crippen molar-refractivity contribution < 1.29 is 17.9 Å². The number of halogens is 2. The zero-order valence-corrected chi connectivity index (χ0v) is 17.4. The van der Waals surface area contributed by atoms with Gasteiger partial charge in [0.2, 0.25) is 10.0 Å². The van der Waals surface area contributed by atoms with Crippen LogP contribution in [0.2, 0.25) is 5.15 Å². The average Bonchev–Trinajstić information content (AvgIpc) is 3.13. The molecule has 9 heteroatoms. The molecule has 140 valence electrons. The molecule has 3 rings (SSSR count). The Hall–Kier alpha value is -1.35. The Bertz CT molecular complexity index is 923. The molecular formula is C17H18BrClN2O4S. The molecule has 0 radical (unpaired) electrons. The highest BCUT2D eigenvalue weighted by atomic mass is 79.9. The third-order valence-corrected chi connectivity index (χ3v) is 7.13. The van der Waals surface area contributed by atoms with E-state index >= 15 is 0 Å². The predicted octanol–water partition coefficient (Wildman–Crippen LogP) is 4.04. The van der Waals surface area contributed by atoms with Crippen molar-refractivity contribution in [3.05, 3.63) is 45.7 Å². The molecule has 6 nitrogen and oxygen atoms in total. The number of hydrogen-bond donors (Lipinski definition) is 0. The fourth-order valence-electron chi connectivity index (χ4n) is 3.15. The summed E-state index contributed by atoms with van der Waals surface area (Å²) in [6.07, 6.45) is 2.89. The molecule has 1 aliphatic heterocycles. The second-order valence-electron chi connectivity index (χ2n) is 5.82. The van der Waals surface area contributed by atoms with Crippen molar-refractivity contribution in [1.82, 2.24) is 9.29 Å². The lowest BCUT2D eigenvalue weighted by molar-refractivity contribution is 0.361. The van der Waals surface area contributed by atoms with E-state index in [4.69, 9.17) is 21.1 Å². The molecule has 0 N–H and O–H groups in total. The molecule has 1 aliphatic rings. The van der Waals surface area contributed by atoms with E-state index in [1.165, 1.54) is 16.6 Å². The van der Waals surface area contributed by atoms with Gasteiger partial charge in [-0.15, -0.1) is 0 Å². The minimum atomic E-state index is -3.82. The van der Waals surface area contributed by atoms with E-state index in [0.29, 0.717) is 28.9 Å². The number of benzene rings is 1. The topological polar surface area (TPSA) is 68.7 Å². The van der Waals surface area contributed by atoms with Gasteiger partial charge in [0.25, 0.3) is 0 Å². The first-order chi connectivity index (χ1) is 12.4. The van der Waals surface area contributed by atoms with Crippen molar-refractivity contribution >= 4 is 37.6 Å². The molecule has 0 bridgehead atoms. The first-order valence-corrected chi connectivity index (χ1v) is 10.5. The lowest BCUT2D eigenvalue weighted by Gasteiger charge is -2.26. The van der Waals surface area contributed by atoms with Crippen molar-refractivity contribution in [3.8, 4) is 11.5 Å². The van der Waals surface area contributed by atoms with Gasteiger partial charge in [-0.2, -0.15) is 4.31 Å². The predicted molar refractivity (Wildman–Crippen MR) is 102 cm³/mol. The summed E-state index contributed by atoms with van der Waals surface area (Å²) in [4.78, 5) is 3.93. The smallest absolute Gasteiger partial charge is 0.246 e. The summed E-state index contributed by atoms with van der Waals surface area (Å²) in [6.45, 7) is 0.399. The third kappa shape index (κ3) is 3.55. The lowest BCUT2D eigenvalue weighted by Crippen LogP contribution is -2.31. The van der Waals surface area contributed by atoms with Gasteiger partial charge in [-0.1, -0.05) is 11.6 Å².